The first-order valence-electron chi connectivity index (χ1n) is 11.4. The molecule has 3 N–H and O–H groups in total. The molecule has 2 aromatic rings. The number of sulfonamides is 1. The summed E-state index contributed by atoms with van der Waals surface area (Å²) in [6.07, 6.45) is 4.36. The Bertz CT molecular complexity index is 1200. The molecule has 0 radical (unpaired) electrons. The number of rotatable bonds is 6. The molecule has 1 aliphatic carbocycles. The molecule has 1 saturated carbocycles. The average Bonchev–Trinajstić information content (AvgIpc) is 3.37. The van der Waals surface area contributed by atoms with Crippen molar-refractivity contribution in [1.82, 2.24) is 14.7 Å². The minimum Gasteiger partial charge on any atom is -0.472 e. The van der Waals surface area contributed by atoms with Crippen LogP contribution in [0.5, 0.6) is 5.88 Å². The maximum Gasteiger partial charge on any atom is 0.281 e. The third-order valence-electron chi connectivity index (χ3n) is 6.94. The van der Waals surface area contributed by atoms with Crippen molar-refractivity contribution < 1.29 is 22.3 Å². The van der Waals surface area contributed by atoms with Crippen molar-refractivity contribution >= 4 is 27.6 Å². The van der Waals surface area contributed by atoms with E-state index in [1.165, 1.54) is 18.2 Å². The van der Waals surface area contributed by atoms with Crippen LogP contribution in [-0.2, 0) is 10.0 Å². The maximum atomic E-state index is 15.0. The lowest BCUT2D eigenvalue weighted by molar-refractivity contribution is 0.0980. The highest BCUT2D eigenvalue weighted by Crippen LogP contribution is 2.40. The summed E-state index contributed by atoms with van der Waals surface area (Å²) in [7, 11) is -4.34. The maximum absolute atomic E-state index is 15.0. The van der Waals surface area contributed by atoms with Crippen molar-refractivity contribution in [1.29, 1.82) is 0 Å². The van der Waals surface area contributed by atoms with Crippen LogP contribution in [0.2, 0.25) is 0 Å². The number of ether oxygens (including phenoxy) is 1. The van der Waals surface area contributed by atoms with Gasteiger partial charge in [-0.3, -0.25) is 4.79 Å². The van der Waals surface area contributed by atoms with E-state index in [2.05, 4.69) is 16.9 Å². The highest BCUT2D eigenvalue weighted by Gasteiger charge is 2.41. The number of hydrogen-bond donors (Lipinski definition) is 2. The molecule has 9 nitrogen and oxygen atoms in total. The first-order valence-corrected chi connectivity index (χ1v) is 12.9. The number of nitrogens with two attached hydrogens (primary N) is 1. The summed E-state index contributed by atoms with van der Waals surface area (Å²) in [5.41, 5.74) is 5.00. The second-order valence-corrected chi connectivity index (χ2v) is 11.1. The largest absolute Gasteiger partial charge is 0.472 e. The normalized spacial score (nSPS) is 20.5. The molecule has 0 bridgehead atoms. The number of aromatic nitrogens is 2. The summed E-state index contributed by atoms with van der Waals surface area (Å²) in [6, 6.07) is 5.06. The molecule has 34 heavy (non-hydrogen) atoms. The lowest BCUT2D eigenvalue weighted by Crippen LogP contribution is -2.44. The van der Waals surface area contributed by atoms with Crippen LogP contribution < -0.4 is 20.1 Å². The summed E-state index contributed by atoms with van der Waals surface area (Å²) >= 11 is 0. The quantitative estimate of drug-likeness (QED) is 0.630. The molecule has 4 rings (SSSR count). The van der Waals surface area contributed by atoms with Crippen LogP contribution in [0.25, 0.3) is 0 Å². The molecule has 1 aliphatic heterocycles. The Labute approximate surface area is 199 Å². The second kappa shape index (κ2) is 9.01. The number of hydrogen-bond acceptors (Lipinski definition) is 8. The van der Waals surface area contributed by atoms with E-state index in [0.29, 0.717) is 6.54 Å². The Morgan fingerprint density at radius 1 is 1.24 bits per heavy atom. The third-order valence-corrected chi connectivity index (χ3v) is 8.17. The van der Waals surface area contributed by atoms with Gasteiger partial charge in [-0.15, -0.1) is 0 Å². The monoisotopic (exact) mass is 491 g/mol. The van der Waals surface area contributed by atoms with Gasteiger partial charge >= 0.3 is 0 Å². The van der Waals surface area contributed by atoms with E-state index in [0.717, 1.165) is 38.2 Å². The van der Waals surface area contributed by atoms with Gasteiger partial charge in [-0.2, -0.15) is 13.4 Å². The number of nitrogens with one attached hydrogen (secondary N) is 1. The summed E-state index contributed by atoms with van der Waals surface area (Å²) in [5.74, 6) is -1.54. The Kier molecular flexibility index (Phi) is 6.41. The van der Waals surface area contributed by atoms with Gasteiger partial charge in [0.25, 0.3) is 21.8 Å². The first-order chi connectivity index (χ1) is 16.0. The van der Waals surface area contributed by atoms with Crippen LogP contribution >= 0.6 is 0 Å². The van der Waals surface area contributed by atoms with Crippen molar-refractivity contribution in [2.45, 2.75) is 69.5 Å². The highest BCUT2D eigenvalue weighted by molar-refractivity contribution is 7.90. The van der Waals surface area contributed by atoms with Gasteiger partial charge in [0.05, 0.1) is 5.56 Å². The number of carbonyl (C=O) groups is 1. The molecular weight excluding hydrogens is 461 g/mol. The molecule has 2 aliphatic rings. The highest BCUT2D eigenvalue weighted by atomic mass is 32.2. The van der Waals surface area contributed by atoms with Gasteiger partial charge in [0.2, 0.25) is 0 Å². The predicted molar refractivity (Wildman–Crippen MR) is 126 cm³/mol. The third kappa shape index (κ3) is 4.66. The minimum absolute atomic E-state index is 0.00931. The van der Waals surface area contributed by atoms with Gasteiger partial charge < -0.3 is 15.4 Å². The Morgan fingerprint density at radius 2 is 1.94 bits per heavy atom. The summed E-state index contributed by atoms with van der Waals surface area (Å²) in [4.78, 5) is 23.3. The van der Waals surface area contributed by atoms with Gasteiger partial charge in [-0.1, -0.05) is 13.0 Å². The van der Waals surface area contributed by atoms with Crippen LogP contribution in [-0.4, -0.2) is 42.5 Å². The number of nitrogen functional groups attached to an aromatic ring is 1. The van der Waals surface area contributed by atoms with E-state index in [9.17, 15) is 13.2 Å². The predicted octanol–water partition coefficient (Wildman–Crippen LogP) is 3.26. The molecule has 0 spiro atoms. The fourth-order valence-electron chi connectivity index (χ4n) is 4.50. The van der Waals surface area contributed by atoms with E-state index < -0.39 is 32.3 Å². The molecule has 184 valence electrons. The fraction of sp³-hybridized carbons (Fsp3) is 0.522. The number of nitrogens with zero attached hydrogens (tertiary/aromatic N) is 3. The molecule has 11 heteroatoms. The zero-order valence-corrected chi connectivity index (χ0v) is 20.4. The molecule has 1 saturated heterocycles. The second-order valence-electron chi connectivity index (χ2n) is 9.50. The summed E-state index contributed by atoms with van der Waals surface area (Å²) in [5, 5.41) is -0.410. The zero-order chi connectivity index (χ0) is 24.7. The molecule has 0 aromatic carbocycles. The van der Waals surface area contributed by atoms with Crippen molar-refractivity contribution in [2.24, 2.45) is 5.92 Å². The van der Waals surface area contributed by atoms with Gasteiger partial charge in [0.1, 0.15) is 17.7 Å². The number of anilines is 2. The number of halogens is 1. The molecule has 2 fully saturated rings. The zero-order valence-electron chi connectivity index (χ0n) is 19.5. The SMILES string of the molecule is CC1CCN(c2nc(OC3CCCC3)c(F)cc2C(=O)NS(=O)(=O)c2cccc(N)n2)C1(C)C. The molecule has 3 heterocycles. The van der Waals surface area contributed by atoms with Crippen LogP contribution in [0.15, 0.2) is 29.3 Å². The Morgan fingerprint density at radius 3 is 2.56 bits per heavy atom. The van der Waals surface area contributed by atoms with Gasteiger partial charge in [0, 0.05) is 12.1 Å². The topological polar surface area (TPSA) is 128 Å². The number of carbonyl (C=O) groups excluding carboxylic acids is 1. The summed E-state index contributed by atoms with van der Waals surface area (Å²) < 4.78 is 48.4. The van der Waals surface area contributed by atoms with Crippen molar-refractivity contribution in [3.05, 3.63) is 35.6 Å². The van der Waals surface area contributed by atoms with Crippen LogP contribution in [0.1, 0.15) is 63.2 Å². The smallest absolute Gasteiger partial charge is 0.281 e. The van der Waals surface area contributed by atoms with Crippen molar-refractivity contribution in [3.8, 4) is 5.88 Å². The van der Waals surface area contributed by atoms with Crippen LogP contribution in [0.3, 0.4) is 0 Å². The number of amides is 1. The Balaban J connectivity index is 1.73. The van der Waals surface area contributed by atoms with Crippen LogP contribution in [0, 0.1) is 11.7 Å². The lowest BCUT2D eigenvalue weighted by Gasteiger charge is -2.36. The molecule has 1 atom stereocenters. The first kappa shape index (κ1) is 24.2. The Hall–Kier alpha value is -2.95. The van der Waals surface area contributed by atoms with Gasteiger partial charge in [-0.25, -0.2) is 14.1 Å². The van der Waals surface area contributed by atoms with E-state index in [1.54, 1.807) is 0 Å². The van der Waals surface area contributed by atoms with Gasteiger partial charge in [0.15, 0.2) is 10.8 Å². The van der Waals surface area contributed by atoms with Crippen molar-refractivity contribution in [3.63, 3.8) is 0 Å². The minimum atomic E-state index is -4.34. The number of pyridine rings is 2. The van der Waals surface area contributed by atoms with Gasteiger partial charge in [-0.05, 0) is 70.1 Å². The lowest BCUT2D eigenvalue weighted by atomic mass is 9.90. The van der Waals surface area contributed by atoms with E-state index in [4.69, 9.17) is 10.5 Å². The van der Waals surface area contributed by atoms with E-state index in [-0.39, 0.29) is 35.1 Å². The molecule has 1 amide bonds. The fourth-order valence-corrected chi connectivity index (χ4v) is 5.44. The van der Waals surface area contributed by atoms with Crippen molar-refractivity contribution in [2.75, 3.05) is 17.2 Å². The summed E-state index contributed by atoms with van der Waals surface area (Å²) in [6.45, 7) is 6.71. The molecule has 1 unspecified atom stereocenters. The van der Waals surface area contributed by atoms with E-state index >= 15 is 4.39 Å². The van der Waals surface area contributed by atoms with Crippen LogP contribution in [0.4, 0.5) is 16.0 Å². The molecule has 2 aromatic heterocycles. The molecular formula is C23H30FN5O4S. The standard InChI is InChI=1S/C23H30FN5O4S/c1-14-11-12-29(23(14,2)3)20-16(13-17(24)22(27-20)33-15-7-4-5-8-15)21(30)28-34(31,32)19-10-6-9-18(25)26-19/h6,9-10,13-15H,4-5,7-8,11-12H2,1-3H3,(H2,25,26)(H,28,30). The average molecular weight is 492 g/mol. The van der Waals surface area contributed by atoms with E-state index in [1.807, 2.05) is 23.5 Å².